The first-order chi connectivity index (χ1) is 8.24. The van der Waals surface area contributed by atoms with Crippen LogP contribution in [0.15, 0.2) is 35.1 Å². The highest BCUT2D eigenvalue weighted by molar-refractivity contribution is 6.17. The molecule has 1 aromatic carbocycles. The van der Waals surface area contributed by atoms with Gasteiger partial charge in [-0.25, -0.2) is 0 Å². The summed E-state index contributed by atoms with van der Waals surface area (Å²) in [6.07, 6.45) is 2.94. The van der Waals surface area contributed by atoms with E-state index in [1.165, 1.54) is 5.39 Å². The average molecular weight is 250 g/mol. The summed E-state index contributed by atoms with van der Waals surface area (Å²) < 4.78 is 1.69. The highest BCUT2D eigenvalue weighted by Crippen LogP contribution is 2.18. The van der Waals surface area contributed by atoms with Crippen molar-refractivity contribution in [2.45, 2.75) is 19.3 Å². The fraction of sp³-hybridized carbons (Fsp3) is 0.357. The van der Waals surface area contributed by atoms with E-state index in [1.807, 2.05) is 25.2 Å². The third-order valence-corrected chi connectivity index (χ3v) is 3.34. The number of rotatable bonds is 4. The molecule has 0 amide bonds. The third-order valence-electron chi connectivity index (χ3n) is 3.07. The summed E-state index contributed by atoms with van der Waals surface area (Å²) >= 11 is 5.68. The number of aromatic nitrogens is 1. The number of hydrogen-bond acceptors (Lipinski definition) is 1. The summed E-state index contributed by atoms with van der Waals surface area (Å²) in [5.41, 5.74) is 2.19. The average Bonchev–Trinajstić information content (AvgIpc) is 2.36. The van der Waals surface area contributed by atoms with Crippen molar-refractivity contribution in [2.24, 2.45) is 7.05 Å². The van der Waals surface area contributed by atoms with Crippen LogP contribution in [0.3, 0.4) is 0 Å². The lowest BCUT2D eigenvalue weighted by molar-refractivity contribution is 0.797. The highest BCUT2D eigenvalue weighted by Gasteiger charge is 2.05. The summed E-state index contributed by atoms with van der Waals surface area (Å²) in [5, 5.41) is 1.17. The second-order valence-corrected chi connectivity index (χ2v) is 4.61. The van der Waals surface area contributed by atoms with Crippen LogP contribution in [0.1, 0.15) is 18.4 Å². The van der Waals surface area contributed by atoms with Crippen LogP contribution in [0.4, 0.5) is 0 Å². The van der Waals surface area contributed by atoms with E-state index >= 15 is 0 Å². The summed E-state index contributed by atoms with van der Waals surface area (Å²) in [6.45, 7) is 0. The maximum absolute atomic E-state index is 11.8. The molecule has 0 spiro atoms. The van der Waals surface area contributed by atoms with Crippen molar-refractivity contribution >= 4 is 22.5 Å². The van der Waals surface area contributed by atoms with E-state index in [-0.39, 0.29) is 5.56 Å². The van der Waals surface area contributed by atoms with Crippen molar-refractivity contribution in [1.82, 2.24) is 4.57 Å². The van der Waals surface area contributed by atoms with Crippen molar-refractivity contribution in [3.63, 3.8) is 0 Å². The topological polar surface area (TPSA) is 22.0 Å². The summed E-state index contributed by atoms with van der Waals surface area (Å²) in [4.78, 5) is 11.8. The van der Waals surface area contributed by atoms with Gasteiger partial charge in [0.15, 0.2) is 0 Å². The highest BCUT2D eigenvalue weighted by atomic mass is 35.5. The molecule has 0 N–H and O–H groups in total. The molecule has 1 heterocycles. The Labute approximate surface area is 106 Å². The van der Waals surface area contributed by atoms with E-state index in [1.54, 1.807) is 10.6 Å². The zero-order valence-corrected chi connectivity index (χ0v) is 10.7. The number of benzene rings is 1. The predicted molar refractivity (Wildman–Crippen MR) is 72.8 cm³/mol. The Bertz CT molecular complexity index is 574. The summed E-state index contributed by atoms with van der Waals surface area (Å²) in [7, 11) is 1.81. The van der Waals surface area contributed by atoms with Crippen molar-refractivity contribution in [1.29, 1.82) is 0 Å². The van der Waals surface area contributed by atoms with Gasteiger partial charge < -0.3 is 4.57 Å². The maximum Gasteiger partial charge on any atom is 0.251 e. The molecule has 0 saturated heterocycles. The maximum atomic E-state index is 11.8. The quantitative estimate of drug-likeness (QED) is 0.603. The van der Waals surface area contributed by atoms with Crippen molar-refractivity contribution in [3.05, 3.63) is 46.2 Å². The Balaban J connectivity index is 2.48. The Morgan fingerprint density at radius 1 is 1.24 bits per heavy atom. The summed E-state index contributed by atoms with van der Waals surface area (Å²) in [6, 6.07) is 9.78. The Hall–Kier alpha value is -1.28. The van der Waals surface area contributed by atoms with E-state index in [2.05, 4.69) is 6.07 Å². The van der Waals surface area contributed by atoms with Gasteiger partial charge in [-0.2, -0.15) is 0 Å². The van der Waals surface area contributed by atoms with Gasteiger partial charge in [-0.05, 0) is 30.9 Å². The van der Waals surface area contributed by atoms with Crippen LogP contribution >= 0.6 is 11.6 Å². The van der Waals surface area contributed by atoms with Crippen LogP contribution in [0.5, 0.6) is 0 Å². The van der Waals surface area contributed by atoms with Crippen molar-refractivity contribution in [3.8, 4) is 0 Å². The third kappa shape index (κ3) is 2.52. The van der Waals surface area contributed by atoms with E-state index in [0.717, 1.165) is 30.3 Å². The van der Waals surface area contributed by atoms with Crippen LogP contribution in [-0.2, 0) is 13.5 Å². The molecule has 3 heteroatoms. The minimum Gasteiger partial charge on any atom is -0.311 e. The molecule has 0 unspecified atom stereocenters. The van der Waals surface area contributed by atoms with Gasteiger partial charge in [0.2, 0.25) is 0 Å². The largest absolute Gasteiger partial charge is 0.311 e. The molecular weight excluding hydrogens is 234 g/mol. The fourth-order valence-corrected chi connectivity index (χ4v) is 2.29. The molecule has 90 valence electrons. The number of aryl methyl sites for hydroxylation is 2. The first-order valence-electron chi connectivity index (χ1n) is 5.87. The fourth-order valence-electron chi connectivity index (χ4n) is 2.10. The lowest BCUT2D eigenvalue weighted by Gasteiger charge is -2.09. The molecule has 17 heavy (non-hydrogen) atoms. The number of nitrogens with zero attached hydrogens (tertiary/aromatic N) is 1. The molecule has 0 aliphatic carbocycles. The second-order valence-electron chi connectivity index (χ2n) is 4.23. The molecule has 1 aromatic heterocycles. The molecule has 2 nitrogen and oxygen atoms in total. The minimum absolute atomic E-state index is 0.0598. The van der Waals surface area contributed by atoms with Gasteiger partial charge in [-0.1, -0.05) is 18.2 Å². The van der Waals surface area contributed by atoms with E-state index in [0.29, 0.717) is 5.88 Å². The van der Waals surface area contributed by atoms with Crippen LogP contribution in [0, 0.1) is 0 Å². The van der Waals surface area contributed by atoms with Crippen LogP contribution < -0.4 is 5.56 Å². The van der Waals surface area contributed by atoms with E-state index < -0.39 is 0 Å². The molecule has 0 atom stereocenters. The normalized spacial score (nSPS) is 10.9. The van der Waals surface area contributed by atoms with Gasteiger partial charge in [0.25, 0.3) is 5.56 Å². The molecule has 0 saturated carbocycles. The van der Waals surface area contributed by atoms with Gasteiger partial charge in [0, 0.05) is 24.4 Å². The van der Waals surface area contributed by atoms with E-state index in [9.17, 15) is 4.79 Å². The second kappa shape index (κ2) is 5.37. The van der Waals surface area contributed by atoms with Crippen LogP contribution in [-0.4, -0.2) is 10.4 Å². The number of alkyl halides is 1. The number of hydrogen-bond donors (Lipinski definition) is 0. The Kier molecular flexibility index (Phi) is 3.85. The smallest absolute Gasteiger partial charge is 0.251 e. The molecule has 0 fully saturated rings. The first kappa shape index (κ1) is 12.2. The van der Waals surface area contributed by atoms with Crippen LogP contribution in [0.25, 0.3) is 10.9 Å². The minimum atomic E-state index is 0.0598. The standard InChI is InChI=1S/C14H16ClNO/c1-16-13-8-3-2-7-12(13)11(10-14(16)17)6-4-5-9-15/h2-3,7-8,10H,4-6,9H2,1H3. The zero-order chi connectivity index (χ0) is 12.3. The van der Waals surface area contributed by atoms with Crippen molar-refractivity contribution in [2.75, 3.05) is 5.88 Å². The number of para-hydroxylation sites is 1. The van der Waals surface area contributed by atoms with E-state index in [4.69, 9.17) is 11.6 Å². The number of fused-ring (bicyclic) bond motifs is 1. The Morgan fingerprint density at radius 2 is 2.00 bits per heavy atom. The molecule has 2 aromatic rings. The number of unbranched alkanes of at least 4 members (excludes halogenated alkanes) is 1. The lowest BCUT2D eigenvalue weighted by Crippen LogP contribution is -2.17. The molecule has 0 aliphatic rings. The molecule has 0 bridgehead atoms. The van der Waals surface area contributed by atoms with Gasteiger partial charge in [0.05, 0.1) is 5.52 Å². The lowest BCUT2D eigenvalue weighted by atomic mass is 10.0. The Morgan fingerprint density at radius 3 is 2.76 bits per heavy atom. The summed E-state index contributed by atoms with van der Waals surface area (Å²) in [5.74, 6) is 0.683. The molecule has 0 radical (unpaired) electrons. The monoisotopic (exact) mass is 249 g/mol. The van der Waals surface area contributed by atoms with Gasteiger partial charge in [0.1, 0.15) is 0 Å². The van der Waals surface area contributed by atoms with Gasteiger partial charge in [-0.3, -0.25) is 4.79 Å². The SMILES string of the molecule is Cn1c(=O)cc(CCCCCl)c2ccccc21. The number of pyridine rings is 1. The zero-order valence-electron chi connectivity index (χ0n) is 9.95. The van der Waals surface area contributed by atoms with Gasteiger partial charge >= 0.3 is 0 Å². The predicted octanol–water partition coefficient (Wildman–Crippen LogP) is 3.10. The molecule has 2 rings (SSSR count). The molecule has 0 aliphatic heterocycles. The van der Waals surface area contributed by atoms with Crippen LogP contribution in [0.2, 0.25) is 0 Å². The molecular formula is C14H16ClNO. The first-order valence-corrected chi connectivity index (χ1v) is 6.41. The van der Waals surface area contributed by atoms with Crippen molar-refractivity contribution < 1.29 is 0 Å². The van der Waals surface area contributed by atoms with Gasteiger partial charge in [-0.15, -0.1) is 11.6 Å². The number of halogens is 1.